The lowest BCUT2D eigenvalue weighted by atomic mass is 10.4. The van der Waals surface area contributed by atoms with Crippen LogP contribution in [0.15, 0.2) is 5.16 Å². The zero-order chi connectivity index (χ0) is 9.40. The molecule has 2 N–H and O–H groups in total. The average Bonchev–Trinajstić information content (AvgIpc) is 2.04. The smallest absolute Gasteiger partial charge is 0.149 e. The van der Waals surface area contributed by atoms with Crippen LogP contribution < -0.4 is 5.73 Å². The lowest BCUT2D eigenvalue weighted by Crippen LogP contribution is -2.20. The summed E-state index contributed by atoms with van der Waals surface area (Å²) < 4.78 is 17.2. The number of nitrogens with zero attached hydrogens (tertiary/aromatic N) is 1. The zero-order valence-electron chi connectivity index (χ0n) is 7.42. The van der Waals surface area contributed by atoms with Crippen LogP contribution in [0.2, 0.25) is 0 Å². The first-order valence-electron chi connectivity index (χ1n) is 3.69. The summed E-state index contributed by atoms with van der Waals surface area (Å²) in [6, 6.07) is 0. The van der Waals surface area contributed by atoms with E-state index < -0.39 is 6.17 Å². The van der Waals surface area contributed by atoms with Crippen molar-refractivity contribution >= 4 is 5.71 Å². The number of ether oxygens (including phenoxy) is 1. The van der Waals surface area contributed by atoms with Crippen molar-refractivity contribution in [3.05, 3.63) is 0 Å². The number of nitrogens with two attached hydrogens (primary N) is 1. The number of halogens is 1. The van der Waals surface area contributed by atoms with E-state index in [4.69, 9.17) is 10.5 Å². The minimum absolute atomic E-state index is 0.0428. The Labute approximate surface area is 71.5 Å². The van der Waals surface area contributed by atoms with E-state index in [1.54, 1.807) is 14.0 Å². The molecule has 0 spiro atoms. The van der Waals surface area contributed by atoms with Gasteiger partial charge in [0, 0.05) is 13.7 Å². The van der Waals surface area contributed by atoms with Crippen molar-refractivity contribution in [2.24, 2.45) is 10.9 Å². The number of hydrogen-bond acceptors (Lipinski definition) is 4. The Morgan fingerprint density at radius 3 is 2.83 bits per heavy atom. The minimum atomic E-state index is -1.15. The van der Waals surface area contributed by atoms with Crippen LogP contribution in [-0.2, 0) is 9.57 Å². The summed E-state index contributed by atoms with van der Waals surface area (Å²) in [5.41, 5.74) is 5.69. The number of oxime groups is 1. The molecule has 0 aromatic carbocycles. The molecule has 0 radical (unpaired) electrons. The first kappa shape index (κ1) is 11.3. The fourth-order valence-corrected chi connectivity index (χ4v) is 0.532. The Morgan fingerprint density at radius 1 is 1.67 bits per heavy atom. The molecule has 5 heteroatoms. The van der Waals surface area contributed by atoms with Crippen LogP contribution >= 0.6 is 0 Å². The molecule has 0 rings (SSSR count). The molecule has 0 heterocycles. The summed E-state index contributed by atoms with van der Waals surface area (Å²) in [6.07, 6.45) is -1.15. The maximum absolute atomic E-state index is 12.4. The summed E-state index contributed by atoms with van der Waals surface area (Å²) in [5.74, 6) is 0. The van der Waals surface area contributed by atoms with Gasteiger partial charge in [0.25, 0.3) is 0 Å². The molecule has 0 aromatic heterocycles. The molecule has 0 aromatic rings. The molecule has 1 atom stereocenters. The molecule has 0 saturated carbocycles. The van der Waals surface area contributed by atoms with Crippen molar-refractivity contribution in [2.45, 2.75) is 13.1 Å². The Balaban J connectivity index is 3.45. The molecule has 12 heavy (non-hydrogen) atoms. The molecule has 0 aliphatic heterocycles. The van der Waals surface area contributed by atoms with Gasteiger partial charge in [0.05, 0.1) is 12.3 Å². The highest BCUT2D eigenvalue weighted by molar-refractivity contribution is 5.82. The standard InChI is InChI=1S/C7H15FN2O2/c1-6(4-11-2)10-12-5-7(8)3-9/h7H,3-5,9H2,1-2H3. The topological polar surface area (TPSA) is 56.8 Å². The first-order valence-corrected chi connectivity index (χ1v) is 3.69. The molecule has 0 fully saturated rings. The Morgan fingerprint density at radius 2 is 2.33 bits per heavy atom. The summed E-state index contributed by atoms with van der Waals surface area (Å²) in [4.78, 5) is 4.65. The molecule has 1 unspecified atom stereocenters. The maximum atomic E-state index is 12.4. The Kier molecular flexibility index (Phi) is 6.60. The molecule has 0 aliphatic rings. The van der Waals surface area contributed by atoms with Crippen molar-refractivity contribution in [1.29, 1.82) is 0 Å². The van der Waals surface area contributed by atoms with E-state index in [9.17, 15) is 4.39 Å². The number of methoxy groups -OCH3 is 1. The van der Waals surface area contributed by atoms with Gasteiger partial charge < -0.3 is 15.3 Å². The molecule has 4 nitrogen and oxygen atoms in total. The van der Waals surface area contributed by atoms with E-state index in [1.807, 2.05) is 0 Å². The van der Waals surface area contributed by atoms with Gasteiger partial charge in [0.2, 0.25) is 0 Å². The molecule has 0 aliphatic carbocycles. The van der Waals surface area contributed by atoms with E-state index in [2.05, 4.69) is 9.99 Å². The lowest BCUT2D eigenvalue weighted by Gasteiger charge is -2.03. The van der Waals surface area contributed by atoms with Gasteiger partial charge in [-0.25, -0.2) is 4.39 Å². The molecular formula is C7H15FN2O2. The predicted molar refractivity (Wildman–Crippen MR) is 44.9 cm³/mol. The number of hydrogen-bond donors (Lipinski definition) is 1. The third-order valence-electron chi connectivity index (χ3n) is 1.08. The van der Waals surface area contributed by atoms with Crippen LogP contribution in [0.1, 0.15) is 6.92 Å². The van der Waals surface area contributed by atoms with Crippen molar-refractivity contribution in [2.75, 3.05) is 26.9 Å². The second-order valence-electron chi connectivity index (χ2n) is 2.39. The van der Waals surface area contributed by atoms with Gasteiger partial charge in [-0.2, -0.15) is 0 Å². The second-order valence-corrected chi connectivity index (χ2v) is 2.39. The minimum Gasteiger partial charge on any atom is -0.393 e. The van der Waals surface area contributed by atoms with Gasteiger partial charge in [-0.3, -0.25) is 0 Å². The summed E-state index contributed by atoms with van der Waals surface area (Å²) in [7, 11) is 1.55. The van der Waals surface area contributed by atoms with Gasteiger partial charge in [-0.1, -0.05) is 5.16 Å². The second kappa shape index (κ2) is 7.00. The van der Waals surface area contributed by atoms with Crippen LogP contribution in [0.4, 0.5) is 4.39 Å². The van der Waals surface area contributed by atoms with Gasteiger partial charge in [0.15, 0.2) is 0 Å². The van der Waals surface area contributed by atoms with Gasteiger partial charge in [-0.15, -0.1) is 0 Å². The van der Waals surface area contributed by atoms with E-state index in [0.717, 1.165) is 0 Å². The zero-order valence-corrected chi connectivity index (χ0v) is 7.42. The highest BCUT2D eigenvalue weighted by Gasteiger charge is 2.02. The van der Waals surface area contributed by atoms with Crippen LogP contribution in [0.3, 0.4) is 0 Å². The number of alkyl halides is 1. The fraction of sp³-hybridized carbons (Fsp3) is 0.857. The molecule has 0 amide bonds. The quantitative estimate of drug-likeness (QED) is 0.471. The Hall–Kier alpha value is -0.680. The van der Waals surface area contributed by atoms with E-state index in [0.29, 0.717) is 12.3 Å². The van der Waals surface area contributed by atoms with Gasteiger partial charge >= 0.3 is 0 Å². The van der Waals surface area contributed by atoms with Crippen molar-refractivity contribution in [3.8, 4) is 0 Å². The van der Waals surface area contributed by atoms with Crippen molar-refractivity contribution in [3.63, 3.8) is 0 Å². The van der Waals surface area contributed by atoms with E-state index in [1.165, 1.54) is 0 Å². The maximum Gasteiger partial charge on any atom is 0.149 e. The monoisotopic (exact) mass is 178 g/mol. The fourth-order valence-electron chi connectivity index (χ4n) is 0.532. The summed E-state index contributed by atoms with van der Waals surface area (Å²) in [6.45, 7) is 1.98. The van der Waals surface area contributed by atoms with Gasteiger partial charge in [0.1, 0.15) is 12.8 Å². The largest absolute Gasteiger partial charge is 0.393 e. The highest BCUT2D eigenvalue weighted by atomic mass is 19.1. The lowest BCUT2D eigenvalue weighted by molar-refractivity contribution is 0.0878. The van der Waals surface area contributed by atoms with Crippen LogP contribution in [0.25, 0.3) is 0 Å². The predicted octanol–water partition coefficient (Wildman–Crippen LogP) is 0.322. The van der Waals surface area contributed by atoms with Crippen molar-refractivity contribution in [1.82, 2.24) is 0 Å². The molecule has 0 saturated heterocycles. The van der Waals surface area contributed by atoms with E-state index >= 15 is 0 Å². The van der Waals surface area contributed by atoms with E-state index in [-0.39, 0.29) is 13.2 Å². The molecule has 0 bridgehead atoms. The van der Waals surface area contributed by atoms with Gasteiger partial charge in [-0.05, 0) is 6.92 Å². The third kappa shape index (κ3) is 6.06. The molecular weight excluding hydrogens is 163 g/mol. The van der Waals surface area contributed by atoms with Crippen LogP contribution in [-0.4, -0.2) is 38.8 Å². The van der Waals surface area contributed by atoms with Crippen LogP contribution in [0, 0.1) is 0 Å². The first-order chi connectivity index (χ1) is 5.70. The molecule has 72 valence electrons. The summed E-state index contributed by atoms with van der Waals surface area (Å²) >= 11 is 0. The number of rotatable bonds is 6. The van der Waals surface area contributed by atoms with Crippen molar-refractivity contribution < 1.29 is 14.0 Å². The normalized spacial score (nSPS) is 14.5. The SMILES string of the molecule is COCC(C)=NOCC(F)CN. The Bertz CT molecular complexity index is 141. The average molecular weight is 178 g/mol. The van der Waals surface area contributed by atoms with Crippen LogP contribution in [0.5, 0.6) is 0 Å². The highest BCUT2D eigenvalue weighted by Crippen LogP contribution is 1.90. The third-order valence-corrected chi connectivity index (χ3v) is 1.08. The summed E-state index contributed by atoms with van der Waals surface area (Å²) in [5, 5.41) is 3.60.